The highest BCUT2D eigenvalue weighted by atomic mass is 16.5. The first-order chi connectivity index (χ1) is 19.0. The molecule has 0 aliphatic heterocycles. The summed E-state index contributed by atoms with van der Waals surface area (Å²) in [6.45, 7) is 3.85. The van der Waals surface area contributed by atoms with Crippen molar-refractivity contribution in [3.05, 3.63) is 22.8 Å². The lowest BCUT2D eigenvalue weighted by Gasteiger charge is -2.53. The number of anilines is 2. The Labute approximate surface area is 237 Å². The number of aliphatic hydroxyl groups excluding tert-OH is 2. The van der Waals surface area contributed by atoms with E-state index in [4.69, 9.17) is 10.5 Å². The molecule has 13 heteroatoms. The minimum atomic E-state index is -2.75. The van der Waals surface area contributed by atoms with Crippen LogP contribution in [0.5, 0.6) is 5.75 Å². The van der Waals surface area contributed by atoms with Crippen LogP contribution in [0, 0.1) is 23.7 Å². The minimum Gasteiger partial charge on any atom is -0.507 e. The molecule has 1 aromatic carbocycles. The molecule has 0 aromatic heterocycles. The molecule has 0 radical (unpaired) electrons. The van der Waals surface area contributed by atoms with Crippen molar-refractivity contribution in [3.63, 3.8) is 0 Å². The van der Waals surface area contributed by atoms with Crippen LogP contribution in [0.3, 0.4) is 0 Å². The van der Waals surface area contributed by atoms with Gasteiger partial charge in [-0.05, 0) is 50.4 Å². The van der Waals surface area contributed by atoms with Crippen LogP contribution in [0.25, 0.3) is 5.76 Å². The number of phenols is 1. The number of carbonyl (C=O) groups is 4. The summed E-state index contributed by atoms with van der Waals surface area (Å²) in [4.78, 5) is 55.3. The molecule has 2 amide bonds. The standard InChI is InChI=1S/C28H38N4O9/c1-11(2)10-41-27(39)30-15-9-16(31(3)4)13-7-12-8-14-20(32(5)6)23(35)19(26(29)38)25(37)28(14,40)24(36)17(12)22(34)18(13)21(15)33/h9,11-12,14,19-20,23,33-35,40H,7-8,10H2,1-6H3,(H2,29,38)(H,30,39)/t12-,14-,19?,20-,23?,28-/m1/s1. The van der Waals surface area contributed by atoms with Gasteiger partial charge in [-0.1, -0.05) is 13.8 Å². The summed E-state index contributed by atoms with van der Waals surface area (Å²) in [5.74, 6) is -8.28. The molecule has 2 saturated carbocycles. The van der Waals surface area contributed by atoms with Crippen LogP contribution in [0.4, 0.5) is 16.2 Å². The van der Waals surface area contributed by atoms with Crippen molar-refractivity contribution in [2.45, 2.75) is 44.4 Å². The number of amides is 2. The first kappa shape index (κ1) is 30.3. The van der Waals surface area contributed by atoms with Gasteiger partial charge in [-0.15, -0.1) is 0 Å². The number of likely N-dealkylation sites (N-methyl/N-ethyl adjacent to an activating group) is 1. The maximum Gasteiger partial charge on any atom is 0.411 e. The smallest absolute Gasteiger partial charge is 0.411 e. The second-order valence-corrected chi connectivity index (χ2v) is 11.9. The monoisotopic (exact) mass is 574 g/mol. The van der Waals surface area contributed by atoms with Crippen LogP contribution in [0.2, 0.25) is 0 Å². The van der Waals surface area contributed by atoms with E-state index < -0.39 is 70.6 Å². The molecular formula is C28H38N4O9. The number of ketones is 2. The second kappa shape index (κ2) is 10.6. The number of hydrogen-bond donors (Lipinski definition) is 6. The largest absolute Gasteiger partial charge is 0.507 e. The van der Waals surface area contributed by atoms with Gasteiger partial charge in [0, 0.05) is 37.3 Å². The number of nitrogens with two attached hydrogens (primary N) is 1. The molecule has 2 unspecified atom stereocenters. The van der Waals surface area contributed by atoms with Gasteiger partial charge in [0.25, 0.3) is 0 Å². The van der Waals surface area contributed by atoms with E-state index in [9.17, 15) is 39.6 Å². The zero-order valence-corrected chi connectivity index (χ0v) is 24.0. The molecular weight excluding hydrogens is 536 g/mol. The molecule has 3 aliphatic carbocycles. The van der Waals surface area contributed by atoms with Gasteiger partial charge >= 0.3 is 6.09 Å². The lowest BCUT2D eigenvalue weighted by molar-refractivity contribution is -0.184. The Morgan fingerprint density at radius 1 is 1.20 bits per heavy atom. The Balaban J connectivity index is 1.87. The van der Waals surface area contributed by atoms with Crippen LogP contribution in [0.1, 0.15) is 31.4 Å². The van der Waals surface area contributed by atoms with Gasteiger partial charge < -0.3 is 40.7 Å². The summed E-state index contributed by atoms with van der Waals surface area (Å²) < 4.78 is 5.15. The molecule has 7 N–H and O–H groups in total. The van der Waals surface area contributed by atoms with Crippen LogP contribution in [0.15, 0.2) is 11.6 Å². The third kappa shape index (κ3) is 4.71. The summed E-state index contributed by atoms with van der Waals surface area (Å²) in [5.41, 5.74) is 3.20. The summed E-state index contributed by atoms with van der Waals surface area (Å²) in [6.07, 6.45) is -2.25. The van der Waals surface area contributed by atoms with Crippen molar-refractivity contribution in [1.29, 1.82) is 0 Å². The lowest BCUT2D eigenvalue weighted by atomic mass is 9.54. The molecule has 0 bridgehead atoms. The quantitative estimate of drug-likeness (QED) is 0.203. The fourth-order valence-electron chi connectivity index (χ4n) is 6.54. The number of carbonyl (C=O) groups excluding carboxylic acids is 4. The SMILES string of the molecule is CC(C)COC(=O)Nc1cc(N(C)C)c2c(c1O)C(O)=C1C(=O)[C@@]3(O)C(=O)C(C(N)=O)C(O)[C@H](N(C)C)[C@H]3C[C@H]1C2. The highest BCUT2D eigenvalue weighted by molar-refractivity contribution is 6.25. The van der Waals surface area contributed by atoms with E-state index in [0.29, 0.717) is 11.3 Å². The lowest BCUT2D eigenvalue weighted by Crippen LogP contribution is -2.73. The maximum atomic E-state index is 14.0. The van der Waals surface area contributed by atoms with Gasteiger partial charge in [0.2, 0.25) is 11.7 Å². The Morgan fingerprint density at radius 3 is 2.37 bits per heavy atom. The van der Waals surface area contributed by atoms with Gasteiger partial charge in [-0.25, -0.2) is 4.79 Å². The molecule has 224 valence electrons. The molecule has 0 spiro atoms. The van der Waals surface area contributed by atoms with Crippen LogP contribution in [-0.2, 0) is 25.5 Å². The average molecular weight is 575 g/mol. The third-order valence-electron chi connectivity index (χ3n) is 8.33. The number of rotatable bonds is 6. The summed E-state index contributed by atoms with van der Waals surface area (Å²) in [7, 11) is 6.65. The fourth-order valence-corrected chi connectivity index (χ4v) is 6.54. The van der Waals surface area contributed by atoms with E-state index in [0.717, 1.165) is 0 Å². The Hall–Kier alpha value is -3.68. The van der Waals surface area contributed by atoms with E-state index in [-0.39, 0.29) is 42.2 Å². The molecule has 4 rings (SSSR count). The van der Waals surface area contributed by atoms with Crippen molar-refractivity contribution in [2.75, 3.05) is 45.0 Å². The van der Waals surface area contributed by atoms with Crippen molar-refractivity contribution in [2.24, 2.45) is 29.4 Å². The Kier molecular flexibility index (Phi) is 7.84. The number of nitrogens with one attached hydrogen (secondary N) is 1. The average Bonchev–Trinajstić information content (AvgIpc) is 2.85. The van der Waals surface area contributed by atoms with E-state index in [1.165, 1.54) is 11.0 Å². The zero-order chi connectivity index (χ0) is 30.7. The fraction of sp³-hybridized carbons (Fsp3) is 0.571. The number of phenolic OH excluding ortho intramolecular Hbond substituents is 1. The van der Waals surface area contributed by atoms with Crippen LogP contribution >= 0.6 is 0 Å². The predicted octanol–water partition coefficient (Wildman–Crippen LogP) is 0.400. The summed E-state index contributed by atoms with van der Waals surface area (Å²) in [5, 5.41) is 47.9. The van der Waals surface area contributed by atoms with E-state index >= 15 is 0 Å². The Bertz CT molecular complexity index is 1340. The molecule has 1 aromatic rings. The van der Waals surface area contributed by atoms with E-state index in [2.05, 4.69) is 5.32 Å². The third-order valence-corrected chi connectivity index (χ3v) is 8.33. The predicted molar refractivity (Wildman–Crippen MR) is 148 cm³/mol. The van der Waals surface area contributed by atoms with Crippen molar-refractivity contribution in [3.8, 4) is 5.75 Å². The van der Waals surface area contributed by atoms with Gasteiger partial charge in [-0.3, -0.25) is 19.7 Å². The normalized spacial score (nSPS) is 29.2. The van der Waals surface area contributed by atoms with Crippen molar-refractivity contribution < 1.29 is 44.3 Å². The first-order valence-electron chi connectivity index (χ1n) is 13.4. The molecule has 3 aliphatic rings. The minimum absolute atomic E-state index is 0.00730. The summed E-state index contributed by atoms with van der Waals surface area (Å²) >= 11 is 0. The van der Waals surface area contributed by atoms with Crippen LogP contribution in [-0.4, -0.2) is 101 Å². The van der Waals surface area contributed by atoms with Crippen molar-refractivity contribution in [1.82, 2.24) is 4.90 Å². The number of nitrogens with zero attached hydrogens (tertiary/aromatic N) is 2. The number of primary amides is 1. The van der Waals surface area contributed by atoms with Gasteiger partial charge in [0.15, 0.2) is 17.1 Å². The van der Waals surface area contributed by atoms with Gasteiger partial charge in [0.05, 0.1) is 24.0 Å². The topological polar surface area (TPSA) is 203 Å². The first-order valence-corrected chi connectivity index (χ1v) is 13.4. The van der Waals surface area contributed by atoms with Gasteiger partial charge in [0.1, 0.15) is 11.7 Å². The number of aliphatic hydroxyl groups is 3. The number of fused-ring (bicyclic) bond motifs is 3. The zero-order valence-electron chi connectivity index (χ0n) is 24.0. The number of Topliss-reactive ketones (excluding diaryl/α,β-unsaturated/α-hetero) is 2. The molecule has 41 heavy (non-hydrogen) atoms. The molecule has 2 fully saturated rings. The number of ether oxygens (including phenoxy) is 1. The molecule has 0 heterocycles. The molecule has 13 nitrogen and oxygen atoms in total. The molecule has 0 saturated heterocycles. The summed E-state index contributed by atoms with van der Waals surface area (Å²) in [6, 6.07) is 0.548. The van der Waals surface area contributed by atoms with E-state index in [1.807, 2.05) is 13.8 Å². The number of hydrogen-bond acceptors (Lipinski definition) is 11. The second-order valence-electron chi connectivity index (χ2n) is 11.9. The van der Waals surface area contributed by atoms with E-state index in [1.54, 1.807) is 33.1 Å². The number of benzene rings is 1. The van der Waals surface area contributed by atoms with Crippen molar-refractivity contribution >= 4 is 40.7 Å². The number of aromatic hydroxyl groups is 1. The Morgan fingerprint density at radius 2 is 1.83 bits per heavy atom. The highest BCUT2D eigenvalue weighted by Crippen LogP contribution is 2.54. The maximum absolute atomic E-state index is 14.0. The molecule has 6 atom stereocenters. The van der Waals surface area contributed by atoms with Gasteiger partial charge in [-0.2, -0.15) is 0 Å². The van der Waals surface area contributed by atoms with Crippen LogP contribution < -0.4 is 16.0 Å². The highest BCUT2D eigenvalue weighted by Gasteiger charge is 2.67.